The summed E-state index contributed by atoms with van der Waals surface area (Å²) < 4.78 is 17.6. The second kappa shape index (κ2) is 5.42. The van der Waals surface area contributed by atoms with E-state index in [0.717, 1.165) is 28.9 Å². The molecule has 1 saturated heterocycles. The molecule has 0 aliphatic carbocycles. The highest BCUT2D eigenvalue weighted by Crippen LogP contribution is 2.50. The van der Waals surface area contributed by atoms with E-state index in [-0.39, 0.29) is 18.0 Å². The molecule has 25 heavy (non-hydrogen) atoms. The molecule has 7 heteroatoms. The van der Waals surface area contributed by atoms with Crippen LogP contribution in [0, 0.1) is 5.92 Å². The molecular weight excluding hydrogens is 320 g/mol. The first-order chi connectivity index (χ1) is 12.3. The molecule has 7 nitrogen and oxygen atoms in total. The lowest BCUT2D eigenvalue weighted by Gasteiger charge is -2.45. The Bertz CT molecular complexity index is 841. The van der Waals surface area contributed by atoms with Gasteiger partial charge in [0.2, 0.25) is 0 Å². The van der Waals surface area contributed by atoms with Crippen LogP contribution in [0.25, 0.3) is 11.1 Å². The molecule has 3 aliphatic heterocycles. The van der Waals surface area contributed by atoms with Gasteiger partial charge >= 0.3 is 0 Å². The Balaban J connectivity index is 1.68. The molecule has 3 aliphatic rings. The van der Waals surface area contributed by atoms with Crippen LogP contribution >= 0.6 is 0 Å². The molecule has 128 valence electrons. The van der Waals surface area contributed by atoms with Crippen molar-refractivity contribution in [1.82, 2.24) is 9.97 Å². The summed E-state index contributed by atoms with van der Waals surface area (Å²) in [6, 6.07) is 6.33. The quantitative estimate of drug-likeness (QED) is 0.847. The van der Waals surface area contributed by atoms with Gasteiger partial charge in [0.25, 0.3) is 6.02 Å². The number of aliphatic imine (C=N–C) groups is 1. The number of hydrogen-bond donors (Lipinski definition) is 1. The maximum atomic E-state index is 6.27. The average Bonchev–Trinajstić information content (AvgIpc) is 3.05. The number of ether oxygens (including phenoxy) is 3. The molecule has 4 heterocycles. The standard InChI is InChI=1S/C18H18N4O3/c19-17-22-18(9-24-17)13-5-11(12-6-20-10-21-7-12)1-2-15(13)25-16-3-4-23-8-14(16)18/h1-2,5-7,10,14,16H,3-4,8-9H2,(H2,19,22)/t14-,16?,18+/m1/s1. The summed E-state index contributed by atoms with van der Waals surface area (Å²) in [7, 11) is 0. The Morgan fingerprint density at radius 3 is 2.84 bits per heavy atom. The van der Waals surface area contributed by atoms with Gasteiger partial charge in [-0.25, -0.2) is 15.0 Å². The summed E-state index contributed by atoms with van der Waals surface area (Å²) in [6.45, 7) is 1.70. The molecule has 1 aromatic heterocycles. The van der Waals surface area contributed by atoms with E-state index in [2.05, 4.69) is 16.0 Å². The van der Waals surface area contributed by atoms with Crippen LogP contribution < -0.4 is 10.5 Å². The third kappa shape index (κ3) is 2.19. The fraction of sp³-hybridized carbons (Fsp3) is 0.389. The minimum Gasteiger partial charge on any atom is -0.489 e. The number of hydrogen-bond acceptors (Lipinski definition) is 7. The molecule has 0 amide bonds. The number of nitrogens with two attached hydrogens (primary N) is 1. The highest BCUT2D eigenvalue weighted by molar-refractivity contribution is 5.75. The van der Waals surface area contributed by atoms with Crippen LogP contribution in [0.3, 0.4) is 0 Å². The number of rotatable bonds is 1. The van der Waals surface area contributed by atoms with Crippen molar-refractivity contribution in [1.29, 1.82) is 0 Å². The van der Waals surface area contributed by atoms with Crippen LogP contribution in [0.4, 0.5) is 0 Å². The molecule has 0 bridgehead atoms. The fourth-order valence-electron chi connectivity index (χ4n) is 4.04. The van der Waals surface area contributed by atoms with E-state index in [1.807, 2.05) is 12.1 Å². The predicted octanol–water partition coefficient (Wildman–Crippen LogP) is 1.48. The summed E-state index contributed by atoms with van der Waals surface area (Å²) in [5.41, 5.74) is 8.28. The van der Waals surface area contributed by atoms with E-state index < -0.39 is 5.54 Å². The first-order valence-electron chi connectivity index (χ1n) is 8.39. The molecule has 1 unspecified atom stereocenters. The molecule has 0 saturated carbocycles. The molecule has 2 N–H and O–H groups in total. The Hall–Kier alpha value is -2.67. The Labute approximate surface area is 144 Å². The number of aromatic nitrogens is 2. The van der Waals surface area contributed by atoms with Crippen molar-refractivity contribution in [3.05, 3.63) is 42.5 Å². The molecule has 1 spiro atoms. The Morgan fingerprint density at radius 1 is 1.16 bits per heavy atom. The van der Waals surface area contributed by atoms with Gasteiger partial charge in [-0.05, 0) is 17.7 Å². The van der Waals surface area contributed by atoms with Crippen molar-refractivity contribution in [2.24, 2.45) is 16.6 Å². The van der Waals surface area contributed by atoms with Crippen LogP contribution in [0.5, 0.6) is 5.75 Å². The highest BCUT2D eigenvalue weighted by Gasteiger charge is 2.54. The minimum atomic E-state index is -0.561. The number of amidine groups is 1. The molecule has 0 radical (unpaired) electrons. The predicted molar refractivity (Wildman–Crippen MR) is 90.1 cm³/mol. The zero-order valence-electron chi connectivity index (χ0n) is 13.6. The Morgan fingerprint density at radius 2 is 2.04 bits per heavy atom. The number of nitrogens with zero attached hydrogens (tertiary/aromatic N) is 3. The van der Waals surface area contributed by atoms with Crippen LogP contribution in [0.2, 0.25) is 0 Å². The molecule has 5 rings (SSSR count). The second-order valence-corrected chi connectivity index (χ2v) is 6.63. The Kier molecular flexibility index (Phi) is 3.18. The smallest absolute Gasteiger partial charge is 0.283 e. The van der Waals surface area contributed by atoms with Crippen LogP contribution in [0.1, 0.15) is 12.0 Å². The zero-order chi connectivity index (χ0) is 16.9. The summed E-state index contributed by atoms with van der Waals surface area (Å²) in [4.78, 5) is 12.9. The van der Waals surface area contributed by atoms with Crippen molar-refractivity contribution < 1.29 is 14.2 Å². The summed E-state index contributed by atoms with van der Waals surface area (Å²) in [5, 5.41) is 0. The van der Waals surface area contributed by atoms with Gasteiger partial charge in [0.1, 0.15) is 30.3 Å². The van der Waals surface area contributed by atoms with Crippen molar-refractivity contribution >= 4 is 6.02 Å². The monoisotopic (exact) mass is 338 g/mol. The summed E-state index contributed by atoms with van der Waals surface area (Å²) in [6.07, 6.45) is 6.01. The van der Waals surface area contributed by atoms with E-state index in [0.29, 0.717) is 19.8 Å². The van der Waals surface area contributed by atoms with Gasteiger partial charge in [0.15, 0.2) is 0 Å². The van der Waals surface area contributed by atoms with Crippen molar-refractivity contribution in [2.45, 2.75) is 18.1 Å². The topological polar surface area (TPSA) is 91.9 Å². The lowest BCUT2D eigenvalue weighted by atomic mass is 9.72. The first kappa shape index (κ1) is 14.7. The van der Waals surface area contributed by atoms with Gasteiger partial charge in [-0.15, -0.1) is 0 Å². The van der Waals surface area contributed by atoms with Gasteiger partial charge in [-0.1, -0.05) is 6.07 Å². The third-order valence-corrected chi connectivity index (χ3v) is 5.27. The van der Waals surface area contributed by atoms with Crippen LogP contribution in [-0.2, 0) is 15.0 Å². The molecule has 1 fully saturated rings. The summed E-state index contributed by atoms with van der Waals surface area (Å²) >= 11 is 0. The highest BCUT2D eigenvalue weighted by atomic mass is 16.5. The van der Waals surface area contributed by atoms with Gasteiger partial charge in [-0.2, -0.15) is 0 Å². The van der Waals surface area contributed by atoms with Crippen molar-refractivity contribution in [3.63, 3.8) is 0 Å². The van der Waals surface area contributed by atoms with Gasteiger partial charge in [0, 0.05) is 29.9 Å². The van der Waals surface area contributed by atoms with Gasteiger partial charge in [-0.3, -0.25) is 0 Å². The fourth-order valence-corrected chi connectivity index (χ4v) is 4.04. The maximum absolute atomic E-state index is 6.27. The molecule has 2 aromatic rings. The normalized spacial score (nSPS) is 30.0. The zero-order valence-corrected chi connectivity index (χ0v) is 13.6. The largest absolute Gasteiger partial charge is 0.489 e. The number of fused-ring (bicyclic) bond motifs is 4. The van der Waals surface area contributed by atoms with Crippen molar-refractivity contribution in [3.8, 4) is 16.9 Å². The SMILES string of the molecule is NC1=N[C@@]2(CO1)c1cc(-c3cncnc3)ccc1OC1CCOC[C@H]12. The summed E-state index contributed by atoms with van der Waals surface area (Å²) in [5.74, 6) is 0.919. The lowest BCUT2D eigenvalue weighted by Crippen LogP contribution is -2.52. The maximum Gasteiger partial charge on any atom is 0.283 e. The van der Waals surface area contributed by atoms with E-state index in [4.69, 9.17) is 24.9 Å². The first-order valence-corrected chi connectivity index (χ1v) is 8.39. The lowest BCUT2D eigenvalue weighted by molar-refractivity contribution is -0.0726. The van der Waals surface area contributed by atoms with E-state index in [1.54, 1.807) is 12.4 Å². The molecular formula is C18H18N4O3. The average molecular weight is 338 g/mol. The van der Waals surface area contributed by atoms with E-state index in [9.17, 15) is 0 Å². The minimum absolute atomic E-state index is 0.0606. The van der Waals surface area contributed by atoms with Crippen LogP contribution in [-0.4, -0.2) is 41.9 Å². The molecule has 1 aromatic carbocycles. The van der Waals surface area contributed by atoms with E-state index >= 15 is 0 Å². The second-order valence-electron chi connectivity index (χ2n) is 6.63. The van der Waals surface area contributed by atoms with E-state index in [1.165, 1.54) is 6.33 Å². The van der Waals surface area contributed by atoms with Crippen molar-refractivity contribution in [2.75, 3.05) is 19.8 Å². The van der Waals surface area contributed by atoms with Gasteiger partial charge < -0.3 is 19.9 Å². The number of benzene rings is 1. The van der Waals surface area contributed by atoms with Crippen LogP contribution in [0.15, 0.2) is 41.9 Å². The third-order valence-electron chi connectivity index (χ3n) is 5.27. The molecule has 3 atom stereocenters. The van der Waals surface area contributed by atoms with Gasteiger partial charge in [0.05, 0.1) is 19.1 Å².